The van der Waals surface area contributed by atoms with E-state index in [0.29, 0.717) is 6.54 Å². The molecule has 5 nitrogen and oxygen atoms in total. The van der Waals surface area contributed by atoms with Crippen LogP contribution in [0.5, 0.6) is 0 Å². The first-order chi connectivity index (χ1) is 9.58. The van der Waals surface area contributed by atoms with Gasteiger partial charge < -0.3 is 5.32 Å². The average Bonchev–Trinajstić information content (AvgIpc) is 2.93. The maximum Gasteiger partial charge on any atom is 0.0863 e. The number of halogens is 1. The Bertz CT molecular complexity index is 585. The number of nitrogens with one attached hydrogen (secondary N) is 1. The van der Waals surface area contributed by atoms with Crippen molar-refractivity contribution >= 4 is 11.6 Å². The van der Waals surface area contributed by atoms with Gasteiger partial charge in [-0.3, -0.25) is 9.36 Å². The van der Waals surface area contributed by atoms with Crippen molar-refractivity contribution in [2.24, 2.45) is 7.05 Å². The van der Waals surface area contributed by atoms with E-state index in [4.69, 9.17) is 11.6 Å². The summed E-state index contributed by atoms with van der Waals surface area (Å²) in [7, 11) is 1.95. The minimum atomic E-state index is 0.716. The number of aryl methyl sites for hydroxylation is 3. The van der Waals surface area contributed by atoms with Crippen LogP contribution in [-0.2, 0) is 33.1 Å². The van der Waals surface area contributed by atoms with E-state index >= 15 is 0 Å². The number of rotatable bonds is 6. The van der Waals surface area contributed by atoms with Crippen LogP contribution in [-0.4, -0.2) is 19.6 Å². The highest BCUT2D eigenvalue weighted by atomic mass is 35.5. The second-order valence-electron chi connectivity index (χ2n) is 4.86. The van der Waals surface area contributed by atoms with Crippen LogP contribution < -0.4 is 5.32 Å². The van der Waals surface area contributed by atoms with Crippen LogP contribution in [0.15, 0.2) is 6.20 Å². The lowest BCUT2D eigenvalue weighted by Gasteiger charge is -2.07. The van der Waals surface area contributed by atoms with E-state index in [-0.39, 0.29) is 0 Å². The van der Waals surface area contributed by atoms with Crippen LogP contribution in [0.2, 0.25) is 5.02 Å². The minimum absolute atomic E-state index is 0.716. The van der Waals surface area contributed by atoms with Gasteiger partial charge in [0.2, 0.25) is 0 Å². The summed E-state index contributed by atoms with van der Waals surface area (Å²) in [4.78, 5) is 0. The zero-order valence-corrected chi connectivity index (χ0v) is 13.3. The average molecular weight is 296 g/mol. The molecule has 1 N–H and O–H groups in total. The highest BCUT2D eigenvalue weighted by Crippen LogP contribution is 2.21. The fourth-order valence-corrected chi connectivity index (χ4v) is 2.56. The fourth-order valence-electron chi connectivity index (χ4n) is 2.22. The van der Waals surface area contributed by atoms with E-state index in [1.165, 1.54) is 11.3 Å². The van der Waals surface area contributed by atoms with Gasteiger partial charge in [0.15, 0.2) is 0 Å². The van der Waals surface area contributed by atoms with Crippen molar-refractivity contribution in [1.29, 1.82) is 0 Å². The first-order valence-electron chi connectivity index (χ1n) is 7.00. The highest BCUT2D eigenvalue weighted by Gasteiger charge is 2.14. The largest absolute Gasteiger partial charge is 0.307 e. The number of hydrogen-bond donors (Lipinski definition) is 1. The monoisotopic (exact) mass is 295 g/mol. The summed E-state index contributed by atoms with van der Waals surface area (Å²) in [5.41, 5.74) is 4.43. The third-order valence-electron chi connectivity index (χ3n) is 3.64. The molecule has 0 saturated heterocycles. The molecule has 6 heteroatoms. The minimum Gasteiger partial charge on any atom is -0.307 e. The molecule has 0 amide bonds. The number of hydrogen-bond acceptors (Lipinski definition) is 3. The predicted molar refractivity (Wildman–Crippen MR) is 80.8 cm³/mol. The van der Waals surface area contributed by atoms with Crippen LogP contribution in [0.1, 0.15) is 36.5 Å². The van der Waals surface area contributed by atoms with Gasteiger partial charge >= 0.3 is 0 Å². The molecule has 110 valence electrons. The van der Waals surface area contributed by atoms with Gasteiger partial charge in [0.25, 0.3) is 0 Å². The Kier molecular flexibility index (Phi) is 4.83. The van der Waals surface area contributed by atoms with Gasteiger partial charge in [0, 0.05) is 37.9 Å². The number of nitrogens with zero attached hydrogens (tertiary/aromatic N) is 4. The van der Waals surface area contributed by atoms with Crippen LogP contribution in [0.3, 0.4) is 0 Å². The third kappa shape index (κ3) is 2.88. The molecule has 0 saturated carbocycles. The molecular weight excluding hydrogens is 274 g/mol. The standard InChI is InChI=1S/C14H22ClN5/c1-5-12-14(15)13(20(6-2)18-12)9-16-7-11-8-17-19(4)10(11)3/h8,16H,5-7,9H2,1-4H3. The molecule has 0 spiro atoms. The summed E-state index contributed by atoms with van der Waals surface area (Å²) in [6.45, 7) is 8.56. The molecule has 0 atom stereocenters. The van der Waals surface area contributed by atoms with Gasteiger partial charge in [0.05, 0.1) is 22.6 Å². The normalized spacial score (nSPS) is 11.2. The van der Waals surface area contributed by atoms with Crippen molar-refractivity contribution < 1.29 is 0 Å². The van der Waals surface area contributed by atoms with Crippen LogP contribution in [0, 0.1) is 6.92 Å². The summed E-state index contributed by atoms with van der Waals surface area (Å²) in [5, 5.41) is 13.0. The van der Waals surface area contributed by atoms with Gasteiger partial charge in [0.1, 0.15) is 0 Å². The molecular formula is C14H22ClN5. The Hall–Kier alpha value is -1.33. The summed E-state index contributed by atoms with van der Waals surface area (Å²) in [6, 6.07) is 0. The predicted octanol–water partition coefficient (Wildman–Crippen LogP) is 2.45. The first kappa shape index (κ1) is 15.1. The molecule has 2 aromatic rings. The van der Waals surface area contributed by atoms with Crippen molar-refractivity contribution in [3.8, 4) is 0 Å². The van der Waals surface area contributed by atoms with Crippen LogP contribution >= 0.6 is 11.6 Å². The zero-order valence-electron chi connectivity index (χ0n) is 12.6. The van der Waals surface area contributed by atoms with E-state index in [9.17, 15) is 0 Å². The zero-order chi connectivity index (χ0) is 14.7. The van der Waals surface area contributed by atoms with Crippen molar-refractivity contribution in [3.63, 3.8) is 0 Å². The quantitative estimate of drug-likeness (QED) is 0.890. The second kappa shape index (κ2) is 6.41. The molecule has 0 unspecified atom stereocenters. The molecule has 2 rings (SSSR count). The Labute approximate surface area is 124 Å². The van der Waals surface area contributed by atoms with Crippen LogP contribution in [0.4, 0.5) is 0 Å². The van der Waals surface area contributed by atoms with E-state index < -0.39 is 0 Å². The van der Waals surface area contributed by atoms with Crippen molar-refractivity contribution in [2.75, 3.05) is 0 Å². The maximum absolute atomic E-state index is 6.39. The summed E-state index contributed by atoms with van der Waals surface area (Å²) in [6.07, 6.45) is 2.76. The molecule has 0 aliphatic heterocycles. The number of aromatic nitrogens is 4. The Balaban J connectivity index is 2.04. The molecule has 0 aliphatic rings. The Morgan fingerprint density at radius 3 is 2.60 bits per heavy atom. The van der Waals surface area contributed by atoms with Gasteiger partial charge in [-0.2, -0.15) is 10.2 Å². The van der Waals surface area contributed by atoms with E-state index in [2.05, 4.69) is 36.3 Å². The molecule has 0 fully saturated rings. The molecule has 20 heavy (non-hydrogen) atoms. The molecule has 0 radical (unpaired) electrons. The third-order valence-corrected chi connectivity index (χ3v) is 4.08. The molecule has 0 aliphatic carbocycles. The fraction of sp³-hybridized carbons (Fsp3) is 0.571. The smallest absolute Gasteiger partial charge is 0.0863 e. The van der Waals surface area contributed by atoms with Gasteiger partial charge in [-0.05, 0) is 20.3 Å². The van der Waals surface area contributed by atoms with Gasteiger partial charge in [-0.15, -0.1) is 0 Å². The van der Waals surface area contributed by atoms with E-state index in [0.717, 1.165) is 35.9 Å². The summed E-state index contributed by atoms with van der Waals surface area (Å²) >= 11 is 6.39. The highest BCUT2D eigenvalue weighted by molar-refractivity contribution is 6.31. The Morgan fingerprint density at radius 2 is 2.05 bits per heavy atom. The second-order valence-corrected chi connectivity index (χ2v) is 5.24. The lowest BCUT2D eigenvalue weighted by atomic mass is 10.2. The van der Waals surface area contributed by atoms with Gasteiger partial charge in [-0.1, -0.05) is 18.5 Å². The van der Waals surface area contributed by atoms with E-state index in [1.807, 2.05) is 22.6 Å². The summed E-state index contributed by atoms with van der Waals surface area (Å²) < 4.78 is 3.86. The maximum atomic E-state index is 6.39. The lowest BCUT2D eigenvalue weighted by molar-refractivity contribution is 0.577. The SMILES string of the molecule is CCc1nn(CC)c(CNCc2cnn(C)c2C)c1Cl. The summed E-state index contributed by atoms with van der Waals surface area (Å²) in [5.74, 6) is 0. The first-order valence-corrected chi connectivity index (χ1v) is 7.38. The Morgan fingerprint density at radius 1 is 1.30 bits per heavy atom. The van der Waals surface area contributed by atoms with Crippen LogP contribution in [0.25, 0.3) is 0 Å². The molecule has 2 heterocycles. The molecule has 0 bridgehead atoms. The molecule has 2 aromatic heterocycles. The van der Waals surface area contributed by atoms with Crippen molar-refractivity contribution in [1.82, 2.24) is 24.9 Å². The van der Waals surface area contributed by atoms with Crippen molar-refractivity contribution in [3.05, 3.63) is 33.9 Å². The topological polar surface area (TPSA) is 47.7 Å². The molecule has 0 aromatic carbocycles. The van der Waals surface area contributed by atoms with Gasteiger partial charge in [-0.25, -0.2) is 0 Å². The lowest BCUT2D eigenvalue weighted by Crippen LogP contribution is -2.16. The van der Waals surface area contributed by atoms with E-state index in [1.54, 1.807) is 0 Å². The van der Waals surface area contributed by atoms with Crippen molar-refractivity contribution in [2.45, 2.75) is 46.8 Å².